The van der Waals surface area contributed by atoms with Gasteiger partial charge in [0.25, 0.3) is 0 Å². The Hall–Kier alpha value is -4.76. The predicted molar refractivity (Wildman–Crippen MR) is 258 cm³/mol. The number of allylic oxidation sites excluding steroid dienone is 20. The lowest BCUT2D eigenvalue weighted by Crippen LogP contribution is -2.47. The van der Waals surface area contributed by atoms with E-state index in [2.05, 4.69) is 146 Å². The second-order valence-electron chi connectivity index (χ2n) is 15.1. The first-order chi connectivity index (χ1) is 30.3. The number of esters is 1. The molecule has 0 aliphatic rings. The van der Waals surface area contributed by atoms with Gasteiger partial charge in [0, 0.05) is 12.8 Å². The van der Waals surface area contributed by atoms with Crippen LogP contribution in [0.15, 0.2) is 122 Å². The normalized spacial score (nSPS) is 13.6. The molecule has 0 saturated heterocycles. The summed E-state index contributed by atoms with van der Waals surface area (Å²) in [6.07, 6.45) is 63.7. The number of carboxylic acids is 1. The molecule has 0 aromatic carbocycles. The summed E-state index contributed by atoms with van der Waals surface area (Å²) in [4.78, 5) is 47.7. The minimum atomic E-state index is -1.40. The highest BCUT2D eigenvalue weighted by Gasteiger charge is 2.19. The molecular weight excluding hydrogens is 777 g/mol. The summed E-state index contributed by atoms with van der Waals surface area (Å²) in [5, 5.41) is 22.6. The van der Waals surface area contributed by atoms with Gasteiger partial charge in [-0.05, 0) is 116 Å². The molecule has 4 N–H and O–H groups in total. The molecule has 0 rings (SSSR count). The second-order valence-corrected chi connectivity index (χ2v) is 15.1. The first-order valence-corrected chi connectivity index (χ1v) is 23.4. The van der Waals surface area contributed by atoms with Gasteiger partial charge in [-0.15, -0.1) is 0 Å². The van der Waals surface area contributed by atoms with Crippen molar-refractivity contribution in [3.63, 3.8) is 0 Å². The number of rotatable bonds is 40. The number of aliphatic carboxylic acids is 1. The Morgan fingerprint density at radius 2 is 0.887 bits per heavy atom. The van der Waals surface area contributed by atoms with Crippen molar-refractivity contribution in [3.05, 3.63) is 122 Å². The largest absolute Gasteiger partial charge is 0.480 e. The number of aliphatic hydroxyl groups excluding tert-OH is 1. The zero-order chi connectivity index (χ0) is 45.4. The van der Waals surface area contributed by atoms with Gasteiger partial charge in [-0.25, -0.2) is 4.79 Å². The average molecular weight is 859 g/mol. The Bertz CT molecular complexity index is 1450. The third-order valence-electron chi connectivity index (χ3n) is 9.47. The zero-order valence-electron chi connectivity index (χ0n) is 38.3. The van der Waals surface area contributed by atoms with Gasteiger partial charge in [0.15, 0.2) is 0 Å². The molecule has 9 heteroatoms. The molecule has 2 unspecified atom stereocenters. The molecule has 0 heterocycles. The Kier molecular flexibility index (Phi) is 42.2. The number of aliphatic hydroxyl groups is 1. The molecule has 2 amide bonds. The number of carbonyl (C=O) groups is 4. The molecule has 0 saturated carbocycles. The lowest BCUT2D eigenvalue weighted by Gasteiger charge is -2.18. The summed E-state index contributed by atoms with van der Waals surface area (Å²) in [5.41, 5.74) is 0. The van der Waals surface area contributed by atoms with Crippen LogP contribution in [0.5, 0.6) is 0 Å². The molecule has 2 atom stereocenters. The first kappa shape index (κ1) is 57.2. The molecule has 0 fully saturated rings. The number of carbonyl (C=O) groups excluding carboxylic acids is 3. The highest BCUT2D eigenvalue weighted by atomic mass is 16.5. The van der Waals surface area contributed by atoms with Crippen LogP contribution in [0.3, 0.4) is 0 Å². The third-order valence-corrected chi connectivity index (χ3v) is 9.47. The van der Waals surface area contributed by atoms with E-state index in [0.29, 0.717) is 19.3 Å². The number of carboxylic acid groups (broad SMARTS) is 1. The lowest BCUT2D eigenvalue weighted by molar-refractivity contribution is -0.149. The molecule has 0 radical (unpaired) electrons. The number of ether oxygens (including phenoxy) is 1. The van der Waals surface area contributed by atoms with Crippen molar-refractivity contribution in [1.82, 2.24) is 10.6 Å². The molecule has 9 nitrogen and oxygen atoms in total. The zero-order valence-corrected chi connectivity index (χ0v) is 38.3. The highest BCUT2D eigenvalue weighted by molar-refractivity contribution is 5.87. The van der Waals surface area contributed by atoms with Crippen molar-refractivity contribution in [2.45, 2.75) is 174 Å². The van der Waals surface area contributed by atoms with E-state index < -0.39 is 24.5 Å². The van der Waals surface area contributed by atoms with E-state index in [1.54, 1.807) is 0 Å². The fraction of sp³-hybridized carbons (Fsp3) is 0.547. The van der Waals surface area contributed by atoms with Crippen molar-refractivity contribution in [1.29, 1.82) is 0 Å². The molecular formula is C53H82N2O7. The Balaban J connectivity index is 4.57. The second kappa shape index (κ2) is 45.8. The van der Waals surface area contributed by atoms with E-state index >= 15 is 0 Å². The smallest absolute Gasteiger partial charge is 0.328 e. The average Bonchev–Trinajstić information content (AvgIpc) is 3.26. The number of nitrogens with one attached hydrogen (secondary N) is 2. The minimum absolute atomic E-state index is 0.103. The number of unbranched alkanes of at least 4 members (excludes halogenated alkanes) is 6. The maximum Gasteiger partial charge on any atom is 0.328 e. The quantitative estimate of drug-likeness (QED) is 0.0273. The van der Waals surface area contributed by atoms with Gasteiger partial charge in [0.2, 0.25) is 11.8 Å². The van der Waals surface area contributed by atoms with E-state index in [-0.39, 0.29) is 30.9 Å². The summed E-state index contributed by atoms with van der Waals surface area (Å²) >= 11 is 0. The van der Waals surface area contributed by atoms with Gasteiger partial charge in [0.1, 0.15) is 12.1 Å². The summed E-state index contributed by atoms with van der Waals surface area (Å²) in [5.74, 6) is -2.44. The van der Waals surface area contributed by atoms with E-state index in [9.17, 15) is 19.2 Å². The van der Waals surface area contributed by atoms with Crippen LogP contribution in [0.25, 0.3) is 0 Å². The topological polar surface area (TPSA) is 142 Å². The number of amides is 2. The summed E-state index contributed by atoms with van der Waals surface area (Å²) in [6.45, 7) is 3.22. The van der Waals surface area contributed by atoms with Crippen molar-refractivity contribution < 1.29 is 34.1 Å². The Morgan fingerprint density at radius 3 is 1.34 bits per heavy atom. The molecule has 0 aromatic rings. The number of hydrogen-bond donors (Lipinski definition) is 4. The van der Waals surface area contributed by atoms with Gasteiger partial charge in [0.05, 0.1) is 13.2 Å². The van der Waals surface area contributed by atoms with Crippen LogP contribution in [0.1, 0.15) is 162 Å². The van der Waals surface area contributed by atoms with E-state index in [1.807, 2.05) is 0 Å². The first-order valence-electron chi connectivity index (χ1n) is 23.4. The molecule has 62 heavy (non-hydrogen) atoms. The van der Waals surface area contributed by atoms with E-state index in [0.717, 1.165) is 122 Å². The van der Waals surface area contributed by atoms with Gasteiger partial charge < -0.3 is 25.6 Å². The van der Waals surface area contributed by atoms with Crippen molar-refractivity contribution in [2.24, 2.45) is 0 Å². The SMILES string of the molecule is CC/C=C\C/C=C\C/C=C\C/C=C\C/C=C\C/C=C\CCC(=O)OC(CCCC/C=C\C/C=C\C/C=C\C/C=C\CC)CCCCCCCC(=O)NCC(=O)NC(CO)C(=O)O. The Morgan fingerprint density at radius 1 is 0.484 bits per heavy atom. The van der Waals surface area contributed by atoms with Gasteiger partial charge in [-0.3, -0.25) is 14.4 Å². The summed E-state index contributed by atoms with van der Waals surface area (Å²) < 4.78 is 5.98. The lowest BCUT2D eigenvalue weighted by atomic mass is 10.0. The van der Waals surface area contributed by atoms with Crippen LogP contribution in [0, 0.1) is 0 Å². The molecule has 0 spiro atoms. The monoisotopic (exact) mass is 859 g/mol. The Labute approximate surface area is 375 Å². The fourth-order valence-electron chi connectivity index (χ4n) is 5.97. The van der Waals surface area contributed by atoms with Crippen LogP contribution in [-0.4, -0.2) is 59.3 Å². The summed E-state index contributed by atoms with van der Waals surface area (Å²) in [6, 6.07) is -1.40. The van der Waals surface area contributed by atoms with Crippen LogP contribution < -0.4 is 10.6 Å². The molecule has 0 aliphatic carbocycles. The van der Waals surface area contributed by atoms with Crippen molar-refractivity contribution >= 4 is 23.8 Å². The van der Waals surface area contributed by atoms with Crippen LogP contribution in [0.2, 0.25) is 0 Å². The number of hydrogen-bond acceptors (Lipinski definition) is 6. The third kappa shape index (κ3) is 42.0. The molecule has 0 aromatic heterocycles. The summed E-state index contributed by atoms with van der Waals surface area (Å²) in [7, 11) is 0. The van der Waals surface area contributed by atoms with Crippen LogP contribution in [-0.2, 0) is 23.9 Å². The van der Waals surface area contributed by atoms with Gasteiger partial charge >= 0.3 is 11.9 Å². The molecule has 0 aliphatic heterocycles. The standard InChI is InChI=1S/C53H82N2O7/c1-3-5-7-9-11-13-15-17-19-20-21-22-24-26-28-30-32-37-41-45-52(59)62-48(42-38-34-31-29-27-25-23-18-16-14-12-10-8-6-4-2)43-39-35-33-36-40-44-50(57)54-46-51(58)55-49(47-56)53(60)61/h5-8,11-14,17-19,21-23,26-29,32,37,48-49,56H,3-4,9-10,15-16,20,24-25,30-31,33-36,38-47H2,1-2H3,(H,54,57)(H,55,58)(H,60,61)/b7-5-,8-6-,13-11-,14-12-,19-17-,22-21-,23-18-,28-26-,29-27-,37-32-. The van der Waals surface area contributed by atoms with E-state index in [1.165, 1.54) is 0 Å². The van der Waals surface area contributed by atoms with Crippen molar-refractivity contribution in [3.8, 4) is 0 Å². The minimum Gasteiger partial charge on any atom is -0.480 e. The fourth-order valence-corrected chi connectivity index (χ4v) is 5.97. The highest BCUT2D eigenvalue weighted by Crippen LogP contribution is 2.17. The molecule has 346 valence electrons. The van der Waals surface area contributed by atoms with E-state index in [4.69, 9.17) is 14.9 Å². The van der Waals surface area contributed by atoms with Crippen LogP contribution >= 0.6 is 0 Å². The van der Waals surface area contributed by atoms with Gasteiger partial charge in [-0.1, -0.05) is 155 Å². The predicted octanol–water partition coefficient (Wildman–Crippen LogP) is 12.2. The van der Waals surface area contributed by atoms with Crippen molar-refractivity contribution in [2.75, 3.05) is 13.2 Å². The maximum absolute atomic E-state index is 12.8. The maximum atomic E-state index is 12.8. The molecule has 0 bridgehead atoms. The van der Waals surface area contributed by atoms with Gasteiger partial charge in [-0.2, -0.15) is 0 Å². The van der Waals surface area contributed by atoms with Crippen LogP contribution in [0.4, 0.5) is 0 Å².